The van der Waals surface area contributed by atoms with Gasteiger partial charge in [0.25, 0.3) is 0 Å². The van der Waals surface area contributed by atoms with Crippen molar-refractivity contribution in [2.75, 3.05) is 30.3 Å². The highest BCUT2D eigenvalue weighted by molar-refractivity contribution is 6.15. The maximum atomic E-state index is 14.7. The maximum absolute atomic E-state index is 14.7. The molecule has 5 heterocycles. The summed E-state index contributed by atoms with van der Waals surface area (Å²) in [5.41, 5.74) is 1.71. The third-order valence-electron chi connectivity index (χ3n) is 6.78. The molecule has 1 aliphatic heterocycles. The number of fused-ring (bicyclic) bond motifs is 3. The molecule has 6 rings (SSSR count). The van der Waals surface area contributed by atoms with Crippen LogP contribution in [-0.2, 0) is 6.18 Å². The van der Waals surface area contributed by atoms with Gasteiger partial charge in [-0.25, -0.2) is 24.0 Å². The van der Waals surface area contributed by atoms with Gasteiger partial charge < -0.3 is 20.9 Å². The average molecular weight is 540 g/mol. The standard InChI is InChI=1S/C26H25F4N9/c1-2-32-19-10-15(27)9-17-21-23(39-8-5-20(38-39)26(28,29)30)18(13-33-24(21)37-22(17)19)14-11-34-25(35-12-14)36-16-3-6-31-7-4-16/h5,8-13,16,31-32H,2-4,6-7H2,1H3,(H,33,37)(H,34,35,36). The van der Waals surface area contributed by atoms with E-state index in [9.17, 15) is 17.6 Å². The fraction of sp³-hybridized carbons (Fsp3) is 0.308. The summed E-state index contributed by atoms with van der Waals surface area (Å²) in [5.74, 6) is -0.0343. The van der Waals surface area contributed by atoms with Crippen LogP contribution in [0.4, 0.5) is 29.2 Å². The number of benzene rings is 1. The van der Waals surface area contributed by atoms with E-state index >= 15 is 0 Å². The molecule has 39 heavy (non-hydrogen) atoms. The quantitative estimate of drug-likeness (QED) is 0.222. The number of nitrogens with one attached hydrogen (secondary N) is 4. The molecule has 0 amide bonds. The molecule has 202 valence electrons. The van der Waals surface area contributed by atoms with Crippen LogP contribution in [0.3, 0.4) is 0 Å². The van der Waals surface area contributed by atoms with E-state index < -0.39 is 17.7 Å². The second-order valence-corrected chi connectivity index (χ2v) is 9.38. The molecule has 0 aliphatic carbocycles. The summed E-state index contributed by atoms with van der Waals surface area (Å²) < 4.78 is 56.3. The maximum Gasteiger partial charge on any atom is 0.435 e. The van der Waals surface area contributed by atoms with E-state index in [0.717, 1.165) is 36.7 Å². The third kappa shape index (κ3) is 4.73. The molecule has 4 N–H and O–H groups in total. The van der Waals surface area contributed by atoms with Gasteiger partial charge in [-0.15, -0.1) is 0 Å². The molecule has 9 nitrogen and oxygen atoms in total. The second kappa shape index (κ2) is 9.80. The summed E-state index contributed by atoms with van der Waals surface area (Å²) in [6, 6.07) is 3.85. The number of piperidine rings is 1. The van der Waals surface area contributed by atoms with Crippen molar-refractivity contribution in [1.29, 1.82) is 0 Å². The van der Waals surface area contributed by atoms with Crippen LogP contribution in [0.2, 0.25) is 0 Å². The molecule has 0 unspecified atom stereocenters. The fourth-order valence-electron chi connectivity index (χ4n) is 4.98. The van der Waals surface area contributed by atoms with E-state index in [1.54, 1.807) is 12.4 Å². The van der Waals surface area contributed by atoms with Gasteiger partial charge in [0.2, 0.25) is 5.95 Å². The highest BCUT2D eigenvalue weighted by Gasteiger charge is 2.34. The van der Waals surface area contributed by atoms with Gasteiger partial charge in [0.15, 0.2) is 5.69 Å². The van der Waals surface area contributed by atoms with Crippen LogP contribution in [0.1, 0.15) is 25.5 Å². The number of hydrogen-bond donors (Lipinski definition) is 4. The molecule has 1 aliphatic rings. The Morgan fingerprint density at radius 1 is 1.08 bits per heavy atom. The topological polar surface area (TPSA) is 108 Å². The Morgan fingerprint density at radius 2 is 1.85 bits per heavy atom. The van der Waals surface area contributed by atoms with Gasteiger partial charge in [-0.3, -0.25) is 0 Å². The molecule has 5 aromatic rings. The Hall–Kier alpha value is -4.26. The van der Waals surface area contributed by atoms with E-state index in [0.29, 0.717) is 56.9 Å². The molecule has 0 spiro atoms. The number of aromatic amines is 1. The van der Waals surface area contributed by atoms with Crippen LogP contribution in [0.15, 0.2) is 43.0 Å². The van der Waals surface area contributed by atoms with Crippen molar-refractivity contribution in [3.63, 3.8) is 0 Å². The lowest BCUT2D eigenvalue weighted by molar-refractivity contribution is -0.141. The number of rotatable bonds is 6. The number of hydrogen-bond acceptors (Lipinski definition) is 7. The van der Waals surface area contributed by atoms with Crippen molar-refractivity contribution in [3.8, 4) is 16.8 Å². The number of nitrogens with zero attached hydrogens (tertiary/aromatic N) is 5. The minimum atomic E-state index is -4.63. The molecular weight excluding hydrogens is 514 g/mol. The first-order valence-electron chi connectivity index (χ1n) is 12.6. The van der Waals surface area contributed by atoms with Gasteiger partial charge in [-0.2, -0.15) is 18.3 Å². The number of aromatic nitrogens is 6. The molecule has 1 fully saturated rings. The van der Waals surface area contributed by atoms with Crippen molar-refractivity contribution in [2.45, 2.75) is 32.0 Å². The largest absolute Gasteiger partial charge is 0.435 e. The lowest BCUT2D eigenvalue weighted by Crippen LogP contribution is -2.35. The Balaban J connectivity index is 1.53. The molecule has 0 saturated carbocycles. The first-order chi connectivity index (χ1) is 18.8. The van der Waals surface area contributed by atoms with Crippen molar-refractivity contribution in [1.82, 2.24) is 35.0 Å². The van der Waals surface area contributed by atoms with Gasteiger partial charge in [0.05, 0.1) is 22.3 Å². The second-order valence-electron chi connectivity index (χ2n) is 9.38. The smallest absolute Gasteiger partial charge is 0.384 e. The first-order valence-corrected chi connectivity index (χ1v) is 12.6. The Kier molecular flexibility index (Phi) is 6.29. The Morgan fingerprint density at radius 3 is 2.54 bits per heavy atom. The number of H-pyrrole nitrogens is 1. The number of halogens is 4. The summed E-state index contributed by atoms with van der Waals surface area (Å²) in [6.07, 6.45) is 3.22. The van der Waals surface area contributed by atoms with Crippen molar-refractivity contribution >= 4 is 33.6 Å². The van der Waals surface area contributed by atoms with Crippen LogP contribution >= 0.6 is 0 Å². The summed E-state index contributed by atoms with van der Waals surface area (Å²) in [7, 11) is 0. The van der Waals surface area contributed by atoms with Crippen molar-refractivity contribution in [2.24, 2.45) is 0 Å². The normalized spacial score (nSPS) is 14.8. The van der Waals surface area contributed by atoms with Crippen molar-refractivity contribution in [3.05, 3.63) is 54.5 Å². The third-order valence-corrected chi connectivity index (χ3v) is 6.78. The highest BCUT2D eigenvalue weighted by atomic mass is 19.4. The van der Waals surface area contributed by atoms with Crippen LogP contribution in [0.5, 0.6) is 0 Å². The zero-order chi connectivity index (χ0) is 27.1. The summed E-state index contributed by atoms with van der Waals surface area (Å²) >= 11 is 0. The Bertz CT molecular complexity index is 1630. The van der Waals surface area contributed by atoms with E-state index in [1.165, 1.54) is 24.5 Å². The summed E-state index contributed by atoms with van der Waals surface area (Å²) in [4.78, 5) is 16.6. The Labute approximate surface area is 220 Å². The van der Waals surface area contributed by atoms with Gasteiger partial charge in [-0.05, 0) is 51.1 Å². The van der Waals surface area contributed by atoms with Gasteiger partial charge >= 0.3 is 6.18 Å². The van der Waals surface area contributed by atoms with Gasteiger partial charge in [0, 0.05) is 53.9 Å². The molecule has 0 atom stereocenters. The van der Waals surface area contributed by atoms with E-state index in [-0.39, 0.29) is 6.04 Å². The molecule has 1 aromatic carbocycles. The molecule has 0 radical (unpaired) electrons. The zero-order valence-electron chi connectivity index (χ0n) is 20.9. The van der Waals surface area contributed by atoms with Crippen LogP contribution in [0, 0.1) is 5.82 Å². The number of pyridine rings is 1. The number of alkyl halides is 3. The highest BCUT2D eigenvalue weighted by Crippen LogP contribution is 2.39. The minimum absolute atomic E-state index is 0.252. The molecule has 4 aromatic heterocycles. The monoisotopic (exact) mass is 539 g/mol. The van der Waals surface area contributed by atoms with Crippen LogP contribution in [-0.4, -0.2) is 55.4 Å². The summed E-state index contributed by atoms with van der Waals surface area (Å²) in [5, 5.41) is 14.5. The first kappa shape index (κ1) is 25.0. The SMILES string of the molecule is CCNc1cc(F)cc2c1[nH]c1ncc(-c3cnc(NC4CCNCC4)nc3)c(-n3ccc(C(F)(F)F)n3)c12. The summed E-state index contributed by atoms with van der Waals surface area (Å²) in [6.45, 7) is 4.25. The molecule has 1 saturated heterocycles. The molecule has 0 bridgehead atoms. The molecular formula is C26H25F4N9. The van der Waals surface area contributed by atoms with Gasteiger partial charge in [0.1, 0.15) is 11.5 Å². The lowest BCUT2D eigenvalue weighted by atomic mass is 10.0. The zero-order valence-corrected chi connectivity index (χ0v) is 20.9. The van der Waals surface area contributed by atoms with E-state index in [1.807, 2.05) is 6.92 Å². The lowest BCUT2D eigenvalue weighted by Gasteiger charge is -2.23. The number of anilines is 2. The van der Waals surface area contributed by atoms with Crippen LogP contribution < -0.4 is 16.0 Å². The van der Waals surface area contributed by atoms with Crippen molar-refractivity contribution < 1.29 is 17.6 Å². The van der Waals surface area contributed by atoms with E-state index in [4.69, 9.17) is 0 Å². The fourth-order valence-corrected chi connectivity index (χ4v) is 4.98. The minimum Gasteiger partial charge on any atom is -0.384 e. The van der Waals surface area contributed by atoms with E-state index in [2.05, 4.69) is 41.0 Å². The van der Waals surface area contributed by atoms with Crippen LogP contribution in [0.25, 0.3) is 38.8 Å². The molecule has 13 heteroatoms. The average Bonchev–Trinajstić information content (AvgIpc) is 3.55. The van der Waals surface area contributed by atoms with Gasteiger partial charge in [-0.1, -0.05) is 0 Å². The predicted molar refractivity (Wildman–Crippen MR) is 140 cm³/mol. The predicted octanol–water partition coefficient (Wildman–Crippen LogP) is 5.11.